The highest BCUT2D eigenvalue weighted by Crippen LogP contribution is 2.59. The van der Waals surface area contributed by atoms with Gasteiger partial charge in [-0.05, 0) is 59.8 Å². The number of hydrogen-bond acceptors (Lipinski definition) is 0. The number of hydrogen-bond donors (Lipinski definition) is 0. The van der Waals surface area contributed by atoms with Crippen molar-refractivity contribution in [2.75, 3.05) is 0 Å². The molecule has 0 spiro atoms. The topological polar surface area (TPSA) is 0 Å². The van der Waals surface area contributed by atoms with E-state index in [0.29, 0.717) is 10.8 Å². The van der Waals surface area contributed by atoms with Crippen molar-refractivity contribution in [2.45, 2.75) is 65.2 Å². The Morgan fingerprint density at radius 3 is 1.96 bits per heavy atom. The summed E-state index contributed by atoms with van der Waals surface area (Å²) in [5, 5.41) is 0. The van der Waals surface area contributed by atoms with Gasteiger partial charge in [0.1, 0.15) is 0 Å². The zero-order valence-corrected chi connectivity index (χ0v) is 15.2. The fourth-order valence-electron chi connectivity index (χ4n) is 5.39. The molecular formula is C23H30. The third-order valence-electron chi connectivity index (χ3n) is 6.83. The summed E-state index contributed by atoms with van der Waals surface area (Å²) in [6.45, 7) is 9.58. The third-order valence-corrected chi connectivity index (χ3v) is 6.83. The molecule has 0 nitrogen and oxygen atoms in total. The van der Waals surface area contributed by atoms with Gasteiger partial charge in [-0.1, -0.05) is 76.2 Å². The Labute approximate surface area is 141 Å². The van der Waals surface area contributed by atoms with E-state index >= 15 is 0 Å². The Balaban J connectivity index is 2.13. The molecule has 0 saturated carbocycles. The van der Waals surface area contributed by atoms with E-state index in [4.69, 9.17) is 0 Å². The van der Waals surface area contributed by atoms with Gasteiger partial charge in [0.2, 0.25) is 0 Å². The standard InChI is InChI=1S/C23H30/c1-5-22(6-2)17-20-16-19(18-12-10-9-11-13-18)14-15-21(20)23(22,7-3)8-4/h9-16H,5-8,17H2,1-4H3. The summed E-state index contributed by atoms with van der Waals surface area (Å²) >= 11 is 0. The Hall–Kier alpha value is -1.56. The summed E-state index contributed by atoms with van der Waals surface area (Å²) in [6, 6.07) is 18.0. The molecule has 0 fully saturated rings. The third kappa shape index (κ3) is 2.26. The summed E-state index contributed by atoms with van der Waals surface area (Å²) in [7, 11) is 0. The van der Waals surface area contributed by atoms with E-state index in [1.165, 1.54) is 43.2 Å². The van der Waals surface area contributed by atoms with Gasteiger partial charge in [0.25, 0.3) is 0 Å². The SMILES string of the molecule is CCC1(CC)Cc2cc(-c3ccccc3)ccc2C1(CC)CC. The van der Waals surface area contributed by atoms with E-state index in [1.807, 2.05) is 0 Å². The van der Waals surface area contributed by atoms with Crippen molar-refractivity contribution in [3.05, 3.63) is 59.7 Å². The molecule has 0 heteroatoms. The van der Waals surface area contributed by atoms with Crippen LogP contribution in [-0.2, 0) is 11.8 Å². The van der Waals surface area contributed by atoms with Crippen LogP contribution in [0.3, 0.4) is 0 Å². The molecule has 0 N–H and O–H groups in total. The van der Waals surface area contributed by atoms with E-state index in [9.17, 15) is 0 Å². The van der Waals surface area contributed by atoms with Gasteiger partial charge in [0.15, 0.2) is 0 Å². The molecule has 1 aliphatic rings. The summed E-state index contributed by atoms with van der Waals surface area (Å²) < 4.78 is 0. The highest BCUT2D eigenvalue weighted by molar-refractivity contribution is 5.66. The largest absolute Gasteiger partial charge is 0.0648 e. The Morgan fingerprint density at radius 1 is 0.739 bits per heavy atom. The minimum absolute atomic E-state index is 0.362. The first-order valence-corrected chi connectivity index (χ1v) is 9.35. The molecular weight excluding hydrogens is 276 g/mol. The average molecular weight is 306 g/mol. The van der Waals surface area contributed by atoms with Gasteiger partial charge in [-0.25, -0.2) is 0 Å². The van der Waals surface area contributed by atoms with Crippen LogP contribution in [0.15, 0.2) is 48.5 Å². The average Bonchev–Trinajstić information content (AvgIpc) is 2.91. The lowest BCUT2D eigenvalue weighted by Crippen LogP contribution is -2.41. The van der Waals surface area contributed by atoms with Crippen molar-refractivity contribution < 1.29 is 0 Å². The quantitative estimate of drug-likeness (QED) is 0.571. The molecule has 1 aliphatic carbocycles. The predicted molar refractivity (Wildman–Crippen MR) is 101 cm³/mol. The maximum absolute atomic E-state index is 2.47. The molecule has 0 bridgehead atoms. The van der Waals surface area contributed by atoms with E-state index in [-0.39, 0.29) is 0 Å². The molecule has 122 valence electrons. The van der Waals surface area contributed by atoms with Crippen LogP contribution in [0.5, 0.6) is 0 Å². The van der Waals surface area contributed by atoms with Gasteiger partial charge in [-0.2, -0.15) is 0 Å². The molecule has 2 aromatic carbocycles. The highest BCUT2D eigenvalue weighted by atomic mass is 14.6. The minimum Gasteiger partial charge on any atom is -0.0648 e. The van der Waals surface area contributed by atoms with Crippen LogP contribution in [0.25, 0.3) is 11.1 Å². The first-order chi connectivity index (χ1) is 11.2. The molecule has 0 atom stereocenters. The van der Waals surface area contributed by atoms with Crippen LogP contribution < -0.4 is 0 Å². The van der Waals surface area contributed by atoms with Crippen molar-refractivity contribution in [2.24, 2.45) is 5.41 Å². The van der Waals surface area contributed by atoms with Gasteiger partial charge in [0, 0.05) is 5.41 Å². The summed E-state index contributed by atoms with van der Waals surface area (Å²) in [6.07, 6.45) is 6.31. The zero-order valence-electron chi connectivity index (χ0n) is 15.2. The van der Waals surface area contributed by atoms with Crippen molar-refractivity contribution >= 4 is 0 Å². The smallest absolute Gasteiger partial charge is 0.000985 e. The van der Waals surface area contributed by atoms with Crippen LogP contribution in [0.2, 0.25) is 0 Å². The fraction of sp³-hybridized carbons (Fsp3) is 0.478. The van der Waals surface area contributed by atoms with Crippen LogP contribution >= 0.6 is 0 Å². The molecule has 0 radical (unpaired) electrons. The lowest BCUT2D eigenvalue weighted by Gasteiger charge is -2.46. The molecule has 0 heterocycles. The second-order valence-electron chi connectivity index (χ2n) is 7.19. The Kier molecular flexibility index (Phi) is 4.36. The van der Waals surface area contributed by atoms with Crippen molar-refractivity contribution in [1.29, 1.82) is 0 Å². The first-order valence-electron chi connectivity index (χ1n) is 9.35. The minimum atomic E-state index is 0.362. The number of benzene rings is 2. The molecule has 0 unspecified atom stereocenters. The lowest BCUT2D eigenvalue weighted by atomic mass is 9.58. The molecule has 0 aliphatic heterocycles. The normalized spacial score (nSPS) is 17.9. The van der Waals surface area contributed by atoms with Gasteiger partial charge < -0.3 is 0 Å². The van der Waals surface area contributed by atoms with Gasteiger partial charge in [-0.3, -0.25) is 0 Å². The summed E-state index contributed by atoms with van der Waals surface area (Å²) in [4.78, 5) is 0. The Bertz CT molecular complexity index is 658. The predicted octanol–water partition coefficient (Wildman–Crippen LogP) is 6.77. The highest BCUT2D eigenvalue weighted by Gasteiger charge is 2.53. The van der Waals surface area contributed by atoms with Gasteiger partial charge >= 0.3 is 0 Å². The fourth-order valence-corrected chi connectivity index (χ4v) is 5.39. The zero-order chi connectivity index (χ0) is 16.5. The van der Waals surface area contributed by atoms with Gasteiger partial charge in [0.05, 0.1) is 0 Å². The summed E-state index contributed by atoms with van der Waals surface area (Å²) in [5.41, 5.74) is 6.73. The van der Waals surface area contributed by atoms with Crippen LogP contribution in [0.4, 0.5) is 0 Å². The van der Waals surface area contributed by atoms with E-state index < -0.39 is 0 Å². The summed E-state index contributed by atoms with van der Waals surface area (Å²) in [5.74, 6) is 0. The first kappa shape index (κ1) is 16.3. The van der Waals surface area contributed by atoms with Crippen molar-refractivity contribution in [1.82, 2.24) is 0 Å². The maximum Gasteiger partial charge on any atom is 0.000985 e. The lowest BCUT2D eigenvalue weighted by molar-refractivity contribution is 0.110. The second kappa shape index (κ2) is 6.15. The molecule has 0 amide bonds. The van der Waals surface area contributed by atoms with E-state index in [2.05, 4.69) is 76.2 Å². The number of rotatable bonds is 5. The Morgan fingerprint density at radius 2 is 1.39 bits per heavy atom. The molecule has 0 aromatic heterocycles. The van der Waals surface area contributed by atoms with Crippen LogP contribution in [-0.4, -0.2) is 0 Å². The van der Waals surface area contributed by atoms with Gasteiger partial charge in [-0.15, -0.1) is 0 Å². The van der Waals surface area contributed by atoms with Crippen molar-refractivity contribution in [3.8, 4) is 11.1 Å². The molecule has 2 aromatic rings. The molecule has 23 heavy (non-hydrogen) atoms. The molecule has 0 saturated heterocycles. The van der Waals surface area contributed by atoms with E-state index in [1.54, 1.807) is 11.1 Å². The van der Waals surface area contributed by atoms with Crippen LogP contribution in [0.1, 0.15) is 64.5 Å². The van der Waals surface area contributed by atoms with Crippen molar-refractivity contribution in [3.63, 3.8) is 0 Å². The molecule has 3 rings (SSSR count). The van der Waals surface area contributed by atoms with Crippen LogP contribution in [0, 0.1) is 5.41 Å². The second-order valence-corrected chi connectivity index (χ2v) is 7.19. The maximum atomic E-state index is 2.47. The van der Waals surface area contributed by atoms with E-state index in [0.717, 1.165) is 0 Å². The number of fused-ring (bicyclic) bond motifs is 1. The monoisotopic (exact) mass is 306 g/mol.